The molecule has 0 aromatic carbocycles. The van der Waals surface area contributed by atoms with Crippen LogP contribution in [-0.4, -0.2) is 10.7 Å². The maximum Gasteiger partial charge on any atom is 0.0678 e. The summed E-state index contributed by atoms with van der Waals surface area (Å²) in [6.45, 7) is 4.65. The number of rotatable bonds is 1. The van der Waals surface area contributed by atoms with Crippen LogP contribution in [0.15, 0.2) is 0 Å². The van der Waals surface area contributed by atoms with Crippen molar-refractivity contribution in [1.82, 2.24) is 0 Å². The molecule has 0 spiro atoms. The molecule has 0 heterocycles. The minimum absolute atomic E-state index is 0.299. The standard InChI is InChI=1S/C14H26O/c1-11-5-3-7-13(9-11)14(15)8-4-6-12(2)10-14/h11-13,15H,3-10H2,1-2H3. The van der Waals surface area contributed by atoms with Gasteiger partial charge in [0.25, 0.3) is 0 Å². The van der Waals surface area contributed by atoms with Gasteiger partial charge in [0, 0.05) is 0 Å². The van der Waals surface area contributed by atoms with Gasteiger partial charge in [0.15, 0.2) is 0 Å². The molecule has 1 N–H and O–H groups in total. The quantitative estimate of drug-likeness (QED) is 0.699. The van der Waals surface area contributed by atoms with Crippen molar-refractivity contribution in [1.29, 1.82) is 0 Å². The second-order valence-corrected chi connectivity index (χ2v) is 6.27. The Balaban J connectivity index is 2.00. The molecular formula is C14H26O. The van der Waals surface area contributed by atoms with Crippen LogP contribution in [0.3, 0.4) is 0 Å². The third kappa shape index (κ3) is 2.55. The van der Waals surface area contributed by atoms with Crippen LogP contribution in [0.25, 0.3) is 0 Å². The molecule has 2 fully saturated rings. The Hall–Kier alpha value is -0.0400. The van der Waals surface area contributed by atoms with Gasteiger partial charge >= 0.3 is 0 Å². The first-order chi connectivity index (χ1) is 7.10. The third-order valence-corrected chi connectivity index (χ3v) is 4.70. The molecule has 4 atom stereocenters. The summed E-state index contributed by atoms with van der Waals surface area (Å²) in [4.78, 5) is 0. The minimum atomic E-state index is -0.299. The fourth-order valence-corrected chi connectivity index (χ4v) is 3.86. The average molecular weight is 210 g/mol. The monoisotopic (exact) mass is 210 g/mol. The first-order valence-corrected chi connectivity index (χ1v) is 6.82. The smallest absolute Gasteiger partial charge is 0.0678 e. The molecule has 0 bridgehead atoms. The molecule has 0 aromatic rings. The molecule has 88 valence electrons. The molecule has 2 rings (SSSR count). The summed E-state index contributed by atoms with van der Waals surface area (Å²) in [6, 6.07) is 0. The van der Waals surface area contributed by atoms with Crippen molar-refractivity contribution in [3.8, 4) is 0 Å². The Morgan fingerprint density at radius 1 is 1.00 bits per heavy atom. The van der Waals surface area contributed by atoms with Crippen molar-refractivity contribution >= 4 is 0 Å². The Morgan fingerprint density at radius 3 is 2.40 bits per heavy atom. The normalized spacial score (nSPS) is 47.8. The van der Waals surface area contributed by atoms with E-state index in [4.69, 9.17) is 0 Å². The van der Waals surface area contributed by atoms with Crippen LogP contribution < -0.4 is 0 Å². The van der Waals surface area contributed by atoms with E-state index in [1.807, 2.05) is 0 Å². The highest BCUT2D eigenvalue weighted by molar-refractivity contribution is 4.93. The lowest BCUT2D eigenvalue weighted by atomic mass is 9.66. The largest absolute Gasteiger partial charge is 0.390 e. The fraction of sp³-hybridized carbons (Fsp3) is 1.00. The van der Waals surface area contributed by atoms with E-state index in [1.165, 1.54) is 38.5 Å². The van der Waals surface area contributed by atoms with Gasteiger partial charge in [-0.15, -0.1) is 0 Å². The summed E-state index contributed by atoms with van der Waals surface area (Å²) in [5, 5.41) is 10.8. The zero-order valence-electron chi connectivity index (χ0n) is 10.3. The van der Waals surface area contributed by atoms with E-state index in [0.717, 1.165) is 24.7 Å². The van der Waals surface area contributed by atoms with Crippen LogP contribution in [0.1, 0.15) is 65.2 Å². The first kappa shape index (κ1) is 11.4. The molecule has 0 amide bonds. The highest BCUT2D eigenvalue weighted by Crippen LogP contribution is 2.44. The zero-order chi connectivity index (χ0) is 10.9. The van der Waals surface area contributed by atoms with E-state index in [-0.39, 0.29) is 5.60 Å². The molecule has 2 saturated carbocycles. The van der Waals surface area contributed by atoms with E-state index in [0.29, 0.717) is 5.92 Å². The molecule has 0 radical (unpaired) electrons. The van der Waals surface area contributed by atoms with Gasteiger partial charge in [0.1, 0.15) is 0 Å². The highest BCUT2D eigenvalue weighted by atomic mass is 16.3. The predicted molar refractivity (Wildman–Crippen MR) is 63.7 cm³/mol. The molecule has 2 aliphatic carbocycles. The van der Waals surface area contributed by atoms with Crippen LogP contribution in [0.4, 0.5) is 0 Å². The third-order valence-electron chi connectivity index (χ3n) is 4.70. The average Bonchev–Trinajstić information content (AvgIpc) is 2.17. The van der Waals surface area contributed by atoms with Gasteiger partial charge in [0.05, 0.1) is 5.60 Å². The van der Waals surface area contributed by atoms with E-state index in [1.54, 1.807) is 0 Å². The van der Waals surface area contributed by atoms with Crippen LogP contribution in [0, 0.1) is 17.8 Å². The van der Waals surface area contributed by atoms with Gasteiger partial charge in [-0.25, -0.2) is 0 Å². The molecule has 4 unspecified atom stereocenters. The summed E-state index contributed by atoms with van der Waals surface area (Å²) in [5.41, 5.74) is -0.299. The summed E-state index contributed by atoms with van der Waals surface area (Å²) >= 11 is 0. The minimum Gasteiger partial charge on any atom is -0.390 e. The Kier molecular flexibility index (Phi) is 3.39. The van der Waals surface area contributed by atoms with Gasteiger partial charge in [-0.05, 0) is 43.4 Å². The van der Waals surface area contributed by atoms with Gasteiger partial charge in [-0.1, -0.05) is 39.5 Å². The Bertz CT molecular complexity index is 213. The van der Waals surface area contributed by atoms with Crippen molar-refractivity contribution in [3.63, 3.8) is 0 Å². The molecule has 0 aromatic heterocycles. The predicted octanol–water partition coefficient (Wildman–Crippen LogP) is 3.75. The zero-order valence-corrected chi connectivity index (χ0v) is 10.3. The summed E-state index contributed by atoms with van der Waals surface area (Å²) in [5.74, 6) is 2.18. The lowest BCUT2D eigenvalue weighted by Crippen LogP contribution is -2.43. The van der Waals surface area contributed by atoms with Gasteiger partial charge in [0.2, 0.25) is 0 Å². The topological polar surface area (TPSA) is 20.2 Å². The van der Waals surface area contributed by atoms with Gasteiger partial charge in [-0.2, -0.15) is 0 Å². The Morgan fingerprint density at radius 2 is 1.73 bits per heavy atom. The number of hydrogen-bond donors (Lipinski definition) is 1. The molecule has 0 saturated heterocycles. The molecule has 1 heteroatoms. The molecule has 2 aliphatic rings. The van der Waals surface area contributed by atoms with E-state index in [2.05, 4.69) is 13.8 Å². The van der Waals surface area contributed by atoms with E-state index < -0.39 is 0 Å². The van der Waals surface area contributed by atoms with Gasteiger partial charge < -0.3 is 5.11 Å². The van der Waals surface area contributed by atoms with Crippen molar-refractivity contribution in [2.24, 2.45) is 17.8 Å². The first-order valence-electron chi connectivity index (χ1n) is 6.82. The maximum atomic E-state index is 10.8. The van der Waals surface area contributed by atoms with Crippen molar-refractivity contribution in [2.45, 2.75) is 70.8 Å². The van der Waals surface area contributed by atoms with Crippen molar-refractivity contribution in [2.75, 3.05) is 0 Å². The van der Waals surface area contributed by atoms with Crippen LogP contribution in [0.5, 0.6) is 0 Å². The van der Waals surface area contributed by atoms with Crippen LogP contribution in [-0.2, 0) is 0 Å². The summed E-state index contributed by atoms with van der Waals surface area (Å²) < 4.78 is 0. The molecule has 15 heavy (non-hydrogen) atoms. The SMILES string of the molecule is CC1CCCC(C2(O)CCCC(C)C2)C1. The highest BCUT2D eigenvalue weighted by Gasteiger charge is 2.41. The Labute approximate surface area is 94.3 Å². The van der Waals surface area contributed by atoms with E-state index in [9.17, 15) is 5.11 Å². The number of hydrogen-bond acceptors (Lipinski definition) is 1. The fourth-order valence-electron chi connectivity index (χ4n) is 3.86. The molecular weight excluding hydrogens is 184 g/mol. The molecule has 0 aliphatic heterocycles. The van der Waals surface area contributed by atoms with E-state index >= 15 is 0 Å². The van der Waals surface area contributed by atoms with Crippen molar-refractivity contribution < 1.29 is 5.11 Å². The van der Waals surface area contributed by atoms with Gasteiger partial charge in [-0.3, -0.25) is 0 Å². The number of aliphatic hydroxyl groups is 1. The maximum absolute atomic E-state index is 10.8. The summed E-state index contributed by atoms with van der Waals surface area (Å²) in [7, 11) is 0. The van der Waals surface area contributed by atoms with Crippen molar-refractivity contribution in [3.05, 3.63) is 0 Å². The lowest BCUT2D eigenvalue weighted by Gasteiger charge is -2.44. The molecule has 1 nitrogen and oxygen atoms in total. The second kappa shape index (κ2) is 4.45. The lowest BCUT2D eigenvalue weighted by molar-refractivity contribution is -0.0790. The van der Waals surface area contributed by atoms with Crippen LogP contribution >= 0.6 is 0 Å². The van der Waals surface area contributed by atoms with Crippen LogP contribution in [0.2, 0.25) is 0 Å². The second-order valence-electron chi connectivity index (χ2n) is 6.27. The summed E-state index contributed by atoms with van der Waals surface area (Å²) in [6.07, 6.45) is 9.94.